The zero-order chi connectivity index (χ0) is 15.6. The molecule has 0 aliphatic carbocycles. The van der Waals surface area contributed by atoms with Crippen molar-refractivity contribution in [3.05, 3.63) is 39.6 Å². The number of hydrogen-bond acceptors (Lipinski definition) is 5. The van der Waals surface area contributed by atoms with Crippen molar-refractivity contribution < 1.29 is 17.5 Å². The number of H-pyrrole nitrogens is 1. The van der Waals surface area contributed by atoms with Crippen molar-refractivity contribution >= 4 is 26.7 Å². The van der Waals surface area contributed by atoms with Crippen LogP contribution in [0.2, 0.25) is 0 Å². The van der Waals surface area contributed by atoms with E-state index in [1.165, 1.54) is 6.07 Å². The van der Waals surface area contributed by atoms with Gasteiger partial charge in [0.25, 0.3) is 15.8 Å². The summed E-state index contributed by atoms with van der Waals surface area (Å²) in [4.78, 5) is 13.8. The summed E-state index contributed by atoms with van der Waals surface area (Å²) in [6, 6.07) is 5.00. The number of nitrogens with one attached hydrogen (secondary N) is 1. The second-order valence-electron chi connectivity index (χ2n) is 4.86. The summed E-state index contributed by atoms with van der Waals surface area (Å²) in [6.45, 7) is 1.89. The second-order valence-corrected chi connectivity index (χ2v) is 6.51. The van der Waals surface area contributed by atoms with Crippen molar-refractivity contribution in [3.8, 4) is 0 Å². The van der Waals surface area contributed by atoms with Gasteiger partial charge in [-0.05, 0) is 31.9 Å². The molecule has 0 fully saturated rings. The lowest BCUT2D eigenvalue weighted by molar-refractivity contribution is -0.385. The highest BCUT2D eigenvalue weighted by atomic mass is 32.2. The number of nitro benzene ring substituents is 1. The molecule has 0 saturated heterocycles. The molecule has 0 spiro atoms. The first-order valence-electron chi connectivity index (χ1n) is 6.38. The smallest absolute Gasteiger partial charge is 0.273 e. The minimum Gasteiger partial charge on any atom is -0.359 e. The maximum atomic E-state index is 11.1. The molecule has 114 valence electrons. The van der Waals surface area contributed by atoms with Crippen LogP contribution in [0.1, 0.15) is 17.7 Å². The van der Waals surface area contributed by atoms with E-state index in [0.717, 1.165) is 22.9 Å². The number of hydrogen-bond donors (Lipinski definition) is 1. The molecule has 7 nitrogen and oxygen atoms in total. The van der Waals surface area contributed by atoms with E-state index in [1.54, 1.807) is 6.07 Å². The number of aryl methyl sites for hydroxylation is 2. The fraction of sp³-hybridized carbons (Fsp3) is 0.385. The van der Waals surface area contributed by atoms with E-state index in [9.17, 15) is 18.5 Å². The minimum absolute atomic E-state index is 0.00970. The monoisotopic (exact) mass is 312 g/mol. The van der Waals surface area contributed by atoms with E-state index < -0.39 is 15.0 Å². The zero-order valence-electron chi connectivity index (χ0n) is 11.8. The Balaban J connectivity index is 2.27. The lowest BCUT2D eigenvalue weighted by atomic mass is 10.0. The number of aromatic nitrogens is 1. The van der Waals surface area contributed by atoms with Crippen molar-refractivity contribution in [3.63, 3.8) is 0 Å². The van der Waals surface area contributed by atoms with Crippen LogP contribution in [-0.4, -0.2) is 31.2 Å². The standard InChI is InChI=1S/C13H16N2O5S/c1-9-8-11-10(4-3-7-20-21(2,18)19)13(15(16)17)6-5-12(11)14-9/h5-6,8,14H,3-4,7H2,1-2H3. The molecule has 21 heavy (non-hydrogen) atoms. The summed E-state index contributed by atoms with van der Waals surface area (Å²) in [5, 5.41) is 11.9. The summed E-state index contributed by atoms with van der Waals surface area (Å²) in [7, 11) is -3.48. The Morgan fingerprint density at radius 2 is 2.10 bits per heavy atom. The molecular weight excluding hydrogens is 296 g/mol. The van der Waals surface area contributed by atoms with Crippen LogP contribution in [0.5, 0.6) is 0 Å². The Morgan fingerprint density at radius 1 is 1.38 bits per heavy atom. The molecular formula is C13H16N2O5S. The Morgan fingerprint density at radius 3 is 2.71 bits per heavy atom. The topological polar surface area (TPSA) is 102 Å². The predicted molar refractivity (Wildman–Crippen MR) is 78.8 cm³/mol. The number of aromatic amines is 1. The largest absolute Gasteiger partial charge is 0.359 e. The molecule has 0 aliphatic rings. The van der Waals surface area contributed by atoms with Gasteiger partial charge in [-0.3, -0.25) is 14.3 Å². The van der Waals surface area contributed by atoms with Gasteiger partial charge >= 0.3 is 0 Å². The lowest BCUT2D eigenvalue weighted by Crippen LogP contribution is -2.05. The van der Waals surface area contributed by atoms with Crippen LogP contribution in [0.25, 0.3) is 10.9 Å². The van der Waals surface area contributed by atoms with Gasteiger partial charge in [-0.15, -0.1) is 0 Å². The van der Waals surface area contributed by atoms with Gasteiger partial charge in [0, 0.05) is 28.2 Å². The van der Waals surface area contributed by atoms with Gasteiger partial charge in [0.1, 0.15) is 0 Å². The van der Waals surface area contributed by atoms with E-state index in [4.69, 9.17) is 0 Å². The minimum atomic E-state index is -3.48. The van der Waals surface area contributed by atoms with Crippen molar-refractivity contribution in [2.45, 2.75) is 19.8 Å². The molecule has 0 saturated carbocycles. The normalized spacial score (nSPS) is 11.9. The average molecular weight is 312 g/mol. The second kappa shape index (κ2) is 5.82. The third-order valence-corrected chi connectivity index (χ3v) is 3.69. The summed E-state index contributed by atoms with van der Waals surface area (Å²) < 4.78 is 26.5. The molecule has 0 unspecified atom stereocenters. The molecule has 1 heterocycles. The van der Waals surface area contributed by atoms with Crippen molar-refractivity contribution in [1.82, 2.24) is 4.98 Å². The van der Waals surface area contributed by atoms with E-state index in [1.807, 2.05) is 13.0 Å². The molecule has 0 amide bonds. The van der Waals surface area contributed by atoms with Crippen molar-refractivity contribution in [2.75, 3.05) is 12.9 Å². The SMILES string of the molecule is Cc1cc2c(CCCOS(C)(=O)=O)c([N+](=O)[O-])ccc2[nH]1. The fourth-order valence-electron chi connectivity index (χ4n) is 2.29. The Labute approximate surface area is 122 Å². The van der Waals surface area contributed by atoms with Crippen molar-refractivity contribution in [2.24, 2.45) is 0 Å². The van der Waals surface area contributed by atoms with Crippen LogP contribution in [0.4, 0.5) is 5.69 Å². The Kier molecular flexibility index (Phi) is 4.29. The van der Waals surface area contributed by atoms with Gasteiger partial charge in [-0.25, -0.2) is 0 Å². The average Bonchev–Trinajstić information content (AvgIpc) is 2.73. The number of nitro groups is 1. The zero-order valence-corrected chi connectivity index (χ0v) is 12.6. The van der Waals surface area contributed by atoms with Gasteiger partial charge in [-0.1, -0.05) is 0 Å². The van der Waals surface area contributed by atoms with Crippen LogP contribution in [-0.2, 0) is 20.7 Å². The molecule has 1 N–H and O–H groups in total. The quantitative estimate of drug-likeness (QED) is 0.381. The summed E-state index contributed by atoms with van der Waals surface area (Å²) in [5.74, 6) is 0. The van der Waals surface area contributed by atoms with E-state index >= 15 is 0 Å². The molecule has 0 bridgehead atoms. The summed E-state index contributed by atoms with van der Waals surface area (Å²) in [5.41, 5.74) is 2.39. The third kappa shape index (κ3) is 3.79. The first-order valence-corrected chi connectivity index (χ1v) is 8.19. The number of benzene rings is 1. The maximum Gasteiger partial charge on any atom is 0.273 e. The molecule has 2 rings (SSSR count). The van der Waals surface area contributed by atoms with Crippen LogP contribution in [0, 0.1) is 17.0 Å². The lowest BCUT2D eigenvalue weighted by Gasteiger charge is -2.05. The van der Waals surface area contributed by atoms with E-state index in [-0.39, 0.29) is 12.3 Å². The first kappa shape index (κ1) is 15.5. The first-order chi connectivity index (χ1) is 9.78. The van der Waals surface area contributed by atoms with Crippen LogP contribution >= 0.6 is 0 Å². The molecule has 0 aliphatic heterocycles. The van der Waals surface area contributed by atoms with E-state index in [0.29, 0.717) is 18.4 Å². The van der Waals surface area contributed by atoms with Crippen molar-refractivity contribution in [1.29, 1.82) is 0 Å². The van der Waals surface area contributed by atoms with Gasteiger partial charge in [0.05, 0.1) is 17.8 Å². The van der Waals surface area contributed by atoms with Crippen LogP contribution in [0.3, 0.4) is 0 Å². The number of rotatable bonds is 6. The molecule has 8 heteroatoms. The van der Waals surface area contributed by atoms with Crippen LogP contribution < -0.4 is 0 Å². The van der Waals surface area contributed by atoms with Gasteiger partial charge in [-0.2, -0.15) is 8.42 Å². The maximum absolute atomic E-state index is 11.1. The van der Waals surface area contributed by atoms with E-state index in [2.05, 4.69) is 9.17 Å². The van der Waals surface area contributed by atoms with Gasteiger partial charge < -0.3 is 4.98 Å². The van der Waals surface area contributed by atoms with Crippen LogP contribution in [0.15, 0.2) is 18.2 Å². The number of nitrogens with zero attached hydrogens (tertiary/aromatic N) is 1. The molecule has 0 atom stereocenters. The highest BCUT2D eigenvalue weighted by Crippen LogP contribution is 2.29. The van der Waals surface area contributed by atoms with Gasteiger partial charge in [0.15, 0.2) is 0 Å². The van der Waals surface area contributed by atoms with Gasteiger partial charge in [0.2, 0.25) is 0 Å². The summed E-state index contributed by atoms with van der Waals surface area (Å²) in [6.07, 6.45) is 1.74. The molecule has 1 aromatic heterocycles. The number of fused-ring (bicyclic) bond motifs is 1. The molecule has 0 radical (unpaired) electrons. The Hall–Kier alpha value is -1.93. The molecule has 1 aromatic carbocycles. The fourth-order valence-corrected chi connectivity index (χ4v) is 2.71. The predicted octanol–water partition coefficient (Wildman–Crippen LogP) is 2.29. The molecule has 2 aromatic rings. The highest BCUT2D eigenvalue weighted by Gasteiger charge is 2.17. The highest BCUT2D eigenvalue weighted by molar-refractivity contribution is 7.85. The summed E-state index contributed by atoms with van der Waals surface area (Å²) >= 11 is 0. The third-order valence-electron chi connectivity index (χ3n) is 3.09. The Bertz CT molecular complexity index is 779.